The second-order valence-electron chi connectivity index (χ2n) is 5.75. The second-order valence-corrected chi connectivity index (χ2v) is 6.15. The van der Waals surface area contributed by atoms with E-state index in [1.54, 1.807) is 0 Å². The van der Waals surface area contributed by atoms with E-state index in [4.69, 9.17) is 11.6 Å². The molecule has 1 heterocycles. The molecule has 2 rings (SSSR count). The van der Waals surface area contributed by atoms with E-state index in [9.17, 15) is 31.1 Å². The third-order valence-electron chi connectivity index (χ3n) is 4.37. The van der Waals surface area contributed by atoms with Gasteiger partial charge in [0.1, 0.15) is 6.04 Å². The molecule has 1 aliphatic rings. The number of hydrogen-bond donors (Lipinski definition) is 0. The Bertz CT molecular complexity index is 632. The highest BCUT2D eigenvalue weighted by Crippen LogP contribution is 2.56. The molecule has 1 unspecified atom stereocenters. The van der Waals surface area contributed by atoms with Crippen LogP contribution in [0.2, 0.25) is 5.02 Å². The van der Waals surface area contributed by atoms with Crippen molar-refractivity contribution in [2.75, 3.05) is 20.2 Å². The normalized spacial score (nSPS) is 19.7. The van der Waals surface area contributed by atoms with E-state index in [1.807, 2.05) is 0 Å². The predicted molar refractivity (Wildman–Crippen MR) is 76.9 cm³/mol. The molecular formula is C15H14ClF6NO2. The molecule has 140 valence electrons. The van der Waals surface area contributed by atoms with Crippen molar-refractivity contribution >= 4 is 17.6 Å². The lowest BCUT2D eigenvalue weighted by Crippen LogP contribution is -2.52. The third-order valence-corrected chi connectivity index (χ3v) is 4.72. The predicted octanol–water partition coefficient (Wildman–Crippen LogP) is 4.37. The summed E-state index contributed by atoms with van der Waals surface area (Å²) in [6.45, 7) is -1.98. The number of nitrogens with zero attached hydrogens (tertiary/aromatic N) is 1. The van der Waals surface area contributed by atoms with Crippen LogP contribution < -0.4 is 0 Å². The van der Waals surface area contributed by atoms with Crippen LogP contribution in [0.4, 0.5) is 26.3 Å². The highest BCUT2D eigenvalue weighted by molar-refractivity contribution is 6.31. The number of rotatable bonds is 3. The maximum absolute atomic E-state index is 13.2. The molecule has 25 heavy (non-hydrogen) atoms. The van der Waals surface area contributed by atoms with Crippen LogP contribution in [-0.2, 0) is 9.53 Å². The number of methoxy groups -OCH3 is 1. The lowest BCUT2D eigenvalue weighted by Gasteiger charge is -2.35. The number of hydrogen-bond acceptors (Lipinski definition) is 3. The molecule has 0 aliphatic carbocycles. The minimum atomic E-state index is -5.50. The summed E-state index contributed by atoms with van der Waals surface area (Å²) >= 11 is 5.97. The monoisotopic (exact) mass is 389 g/mol. The number of carbonyl (C=O) groups excluding carboxylic acids is 1. The van der Waals surface area contributed by atoms with E-state index >= 15 is 0 Å². The Kier molecular flexibility index (Phi) is 5.30. The van der Waals surface area contributed by atoms with Crippen LogP contribution in [0.3, 0.4) is 0 Å². The maximum Gasteiger partial charge on any atom is 0.404 e. The standard InChI is InChI=1S/C15H14ClF6NO2/c1-25-12(24)11(9-4-2-3-5-10(9)16)23-7-6-13(8-23,14(17,18)19)15(20,21)22/h2-5,11H,6-8H2,1H3. The van der Waals surface area contributed by atoms with Crippen LogP contribution in [0.1, 0.15) is 18.0 Å². The Labute approximate surface area is 144 Å². The molecule has 0 N–H and O–H groups in total. The Balaban J connectivity index is 2.45. The van der Waals surface area contributed by atoms with Crippen LogP contribution in [0.15, 0.2) is 24.3 Å². The summed E-state index contributed by atoms with van der Waals surface area (Å²) < 4.78 is 83.9. The van der Waals surface area contributed by atoms with Crippen molar-refractivity contribution in [1.29, 1.82) is 0 Å². The molecule has 0 amide bonds. The fourth-order valence-corrected chi connectivity index (χ4v) is 3.20. The number of alkyl halides is 6. The van der Waals surface area contributed by atoms with Gasteiger partial charge in [0.25, 0.3) is 0 Å². The summed E-state index contributed by atoms with van der Waals surface area (Å²) in [7, 11) is 1.00. The van der Waals surface area contributed by atoms with E-state index in [0.717, 1.165) is 12.0 Å². The zero-order chi connectivity index (χ0) is 19.0. The summed E-state index contributed by atoms with van der Waals surface area (Å²) in [6.07, 6.45) is -12.2. The summed E-state index contributed by atoms with van der Waals surface area (Å²) in [5.74, 6) is -0.978. The average Bonchev–Trinajstić information content (AvgIpc) is 2.95. The maximum atomic E-state index is 13.2. The molecule has 1 fully saturated rings. The van der Waals surface area contributed by atoms with Crippen LogP contribution in [0.5, 0.6) is 0 Å². The first kappa shape index (κ1) is 19.8. The molecule has 0 saturated carbocycles. The molecule has 10 heteroatoms. The molecule has 1 saturated heterocycles. The molecule has 1 aromatic rings. The van der Waals surface area contributed by atoms with E-state index in [1.165, 1.54) is 24.3 Å². The van der Waals surface area contributed by atoms with Gasteiger partial charge in [0.05, 0.1) is 7.11 Å². The smallest absolute Gasteiger partial charge is 0.404 e. The van der Waals surface area contributed by atoms with Crippen LogP contribution >= 0.6 is 11.6 Å². The Morgan fingerprint density at radius 2 is 1.76 bits per heavy atom. The van der Waals surface area contributed by atoms with E-state index in [-0.39, 0.29) is 10.6 Å². The SMILES string of the molecule is COC(=O)C(c1ccccc1Cl)N1CCC(C(F)(F)F)(C(F)(F)F)C1. The summed E-state index contributed by atoms with van der Waals surface area (Å²) in [5.41, 5.74) is -3.80. The zero-order valence-electron chi connectivity index (χ0n) is 12.9. The van der Waals surface area contributed by atoms with E-state index in [2.05, 4.69) is 4.74 Å². The van der Waals surface area contributed by atoms with Gasteiger partial charge >= 0.3 is 18.3 Å². The van der Waals surface area contributed by atoms with Crippen LogP contribution in [-0.4, -0.2) is 43.4 Å². The number of esters is 1. The lowest BCUT2D eigenvalue weighted by molar-refractivity contribution is -0.335. The van der Waals surface area contributed by atoms with Gasteiger partial charge in [0, 0.05) is 18.1 Å². The van der Waals surface area contributed by atoms with Crippen molar-refractivity contribution in [2.45, 2.75) is 24.8 Å². The Morgan fingerprint density at radius 3 is 2.20 bits per heavy atom. The minimum absolute atomic E-state index is 0.0504. The van der Waals surface area contributed by atoms with Crippen molar-refractivity contribution in [2.24, 2.45) is 5.41 Å². The molecule has 1 aliphatic heterocycles. The van der Waals surface area contributed by atoms with Gasteiger partial charge < -0.3 is 4.74 Å². The second kappa shape index (κ2) is 6.68. The van der Waals surface area contributed by atoms with Gasteiger partial charge in [-0.15, -0.1) is 0 Å². The van der Waals surface area contributed by atoms with Crippen LogP contribution in [0, 0.1) is 5.41 Å². The average molecular weight is 390 g/mol. The molecule has 0 bridgehead atoms. The molecule has 1 aromatic carbocycles. The van der Waals surface area contributed by atoms with E-state index < -0.39 is 49.3 Å². The fraction of sp³-hybridized carbons (Fsp3) is 0.533. The first-order valence-electron chi connectivity index (χ1n) is 7.14. The first-order chi connectivity index (χ1) is 11.4. The van der Waals surface area contributed by atoms with Gasteiger partial charge in [-0.05, 0) is 18.1 Å². The summed E-state index contributed by atoms with van der Waals surface area (Å²) in [6, 6.07) is 4.31. The highest BCUT2D eigenvalue weighted by atomic mass is 35.5. The van der Waals surface area contributed by atoms with Crippen molar-refractivity contribution in [1.82, 2.24) is 4.90 Å². The van der Waals surface area contributed by atoms with Crippen molar-refractivity contribution in [3.05, 3.63) is 34.9 Å². The quantitative estimate of drug-likeness (QED) is 0.568. The lowest BCUT2D eigenvalue weighted by atomic mass is 9.85. The zero-order valence-corrected chi connectivity index (χ0v) is 13.7. The van der Waals surface area contributed by atoms with Crippen molar-refractivity contribution in [3.63, 3.8) is 0 Å². The van der Waals surface area contributed by atoms with Crippen LogP contribution in [0.25, 0.3) is 0 Å². The molecule has 3 nitrogen and oxygen atoms in total. The molecule has 0 spiro atoms. The molecular weight excluding hydrogens is 376 g/mol. The summed E-state index contributed by atoms with van der Waals surface area (Å²) in [4.78, 5) is 12.9. The first-order valence-corrected chi connectivity index (χ1v) is 7.52. The van der Waals surface area contributed by atoms with E-state index in [0.29, 0.717) is 0 Å². The number of halogens is 7. The number of benzene rings is 1. The fourth-order valence-electron chi connectivity index (χ4n) is 2.96. The van der Waals surface area contributed by atoms with Gasteiger partial charge in [-0.2, -0.15) is 26.3 Å². The topological polar surface area (TPSA) is 29.5 Å². The van der Waals surface area contributed by atoms with Gasteiger partial charge in [-0.1, -0.05) is 29.8 Å². The molecule has 0 radical (unpaired) electrons. The number of ether oxygens (including phenoxy) is 1. The van der Waals surface area contributed by atoms with Crippen molar-refractivity contribution in [3.8, 4) is 0 Å². The largest absolute Gasteiger partial charge is 0.468 e. The highest BCUT2D eigenvalue weighted by Gasteiger charge is 2.73. The Hall–Kier alpha value is -1.48. The van der Waals surface area contributed by atoms with Gasteiger partial charge in [0.2, 0.25) is 0 Å². The minimum Gasteiger partial charge on any atom is -0.468 e. The van der Waals surface area contributed by atoms with Gasteiger partial charge in [0.15, 0.2) is 5.41 Å². The summed E-state index contributed by atoms with van der Waals surface area (Å²) in [5, 5.41) is 0.0504. The third kappa shape index (κ3) is 3.44. The van der Waals surface area contributed by atoms with Gasteiger partial charge in [-0.25, -0.2) is 4.79 Å². The Morgan fingerprint density at radius 1 is 1.20 bits per heavy atom. The van der Waals surface area contributed by atoms with Gasteiger partial charge in [-0.3, -0.25) is 4.90 Å². The molecule has 0 aromatic heterocycles. The van der Waals surface area contributed by atoms with Crippen molar-refractivity contribution < 1.29 is 35.9 Å². The molecule has 1 atom stereocenters. The number of likely N-dealkylation sites (tertiary alicyclic amines) is 1. The number of carbonyl (C=O) groups is 1.